The van der Waals surface area contributed by atoms with Gasteiger partial charge in [0.25, 0.3) is 5.91 Å². The molecule has 27 heavy (non-hydrogen) atoms. The predicted molar refractivity (Wildman–Crippen MR) is 104 cm³/mol. The molecule has 4 bridgehead atoms. The quantitative estimate of drug-likeness (QED) is 0.846. The van der Waals surface area contributed by atoms with E-state index in [0.717, 1.165) is 48.8 Å². The maximum absolute atomic E-state index is 12.8. The Morgan fingerprint density at radius 3 is 2.07 bits per heavy atom. The second-order valence-corrected chi connectivity index (χ2v) is 9.50. The zero-order chi connectivity index (χ0) is 18.4. The van der Waals surface area contributed by atoms with E-state index in [9.17, 15) is 9.90 Å². The summed E-state index contributed by atoms with van der Waals surface area (Å²) >= 11 is 0. The van der Waals surface area contributed by atoms with Crippen LogP contribution in [0.2, 0.25) is 0 Å². The molecule has 0 saturated heterocycles. The normalized spacial score (nSPS) is 40.0. The SMILES string of the molecule is O=C(NC1C2CC3CC(C2)CC1C3)c1ccc(OC2CCC(O)CC2)cc1. The molecular weight excluding hydrogens is 338 g/mol. The first-order valence-corrected chi connectivity index (χ1v) is 10.9. The molecule has 146 valence electrons. The molecule has 5 fully saturated rings. The van der Waals surface area contributed by atoms with Crippen LogP contribution in [0.25, 0.3) is 0 Å². The number of ether oxygens (including phenoxy) is 1. The summed E-state index contributed by atoms with van der Waals surface area (Å²) in [7, 11) is 0. The third-order valence-corrected chi connectivity index (χ3v) is 7.59. The van der Waals surface area contributed by atoms with Gasteiger partial charge in [0.05, 0.1) is 12.2 Å². The number of nitrogens with one attached hydrogen (secondary N) is 1. The molecule has 4 heteroatoms. The van der Waals surface area contributed by atoms with Gasteiger partial charge in [0.15, 0.2) is 0 Å². The van der Waals surface area contributed by atoms with Crippen LogP contribution in [0.4, 0.5) is 0 Å². The fourth-order valence-corrected chi connectivity index (χ4v) is 6.44. The minimum atomic E-state index is -0.166. The zero-order valence-electron chi connectivity index (χ0n) is 16.0. The number of aliphatic hydroxyl groups is 1. The van der Waals surface area contributed by atoms with Crippen molar-refractivity contribution in [2.75, 3.05) is 0 Å². The Kier molecular flexibility index (Phi) is 4.63. The first kappa shape index (κ1) is 17.5. The van der Waals surface area contributed by atoms with Crippen LogP contribution in [0.15, 0.2) is 24.3 Å². The van der Waals surface area contributed by atoms with Crippen molar-refractivity contribution in [3.05, 3.63) is 29.8 Å². The highest BCUT2D eigenvalue weighted by molar-refractivity contribution is 5.94. The first-order valence-electron chi connectivity index (χ1n) is 10.9. The summed E-state index contributed by atoms with van der Waals surface area (Å²) in [6, 6.07) is 7.99. The molecule has 0 unspecified atom stereocenters. The molecule has 5 aliphatic carbocycles. The fourth-order valence-electron chi connectivity index (χ4n) is 6.44. The van der Waals surface area contributed by atoms with Crippen molar-refractivity contribution in [2.45, 2.75) is 76.0 Å². The van der Waals surface area contributed by atoms with E-state index in [0.29, 0.717) is 17.9 Å². The molecule has 0 spiro atoms. The largest absolute Gasteiger partial charge is 0.490 e. The molecule has 4 nitrogen and oxygen atoms in total. The number of benzene rings is 1. The minimum Gasteiger partial charge on any atom is -0.490 e. The molecule has 1 amide bonds. The number of carbonyl (C=O) groups excluding carboxylic acids is 1. The Morgan fingerprint density at radius 1 is 0.889 bits per heavy atom. The van der Waals surface area contributed by atoms with Crippen molar-refractivity contribution in [1.82, 2.24) is 5.32 Å². The third kappa shape index (κ3) is 3.61. The number of hydrogen-bond donors (Lipinski definition) is 2. The summed E-state index contributed by atoms with van der Waals surface area (Å²) in [5.41, 5.74) is 0.732. The van der Waals surface area contributed by atoms with Gasteiger partial charge in [-0.1, -0.05) is 0 Å². The number of carbonyl (C=O) groups is 1. The highest BCUT2D eigenvalue weighted by Crippen LogP contribution is 2.53. The van der Waals surface area contributed by atoms with Gasteiger partial charge in [0, 0.05) is 11.6 Å². The summed E-state index contributed by atoms with van der Waals surface area (Å²) in [5, 5.41) is 13.0. The van der Waals surface area contributed by atoms with E-state index in [1.807, 2.05) is 24.3 Å². The van der Waals surface area contributed by atoms with Gasteiger partial charge in [-0.25, -0.2) is 0 Å². The number of amides is 1. The highest BCUT2D eigenvalue weighted by atomic mass is 16.5. The van der Waals surface area contributed by atoms with Crippen molar-refractivity contribution < 1.29 is 14.6 Å². The average molecular weight is 370 g/mol. The van der Waals surface area contributed by atoms with Gasteiger partial charge in [-0.05, 0) is 106 Å². The van der Waals surface area contributed by atoms with Crippen molar-refractivity contribution in [2.24, 2.45) is 23.7 Å². The minimum absolute atomic E-state index is 0.0693. The Hall–Kier alpha value is -1.55. The summed E-state index contributed by atoms with van der Waals surface area (Å²) in [5.74, 6) is 4.15. The molecule has 0 atom stereocenters. The van der Waals surface area contributed by atoms with E-state index in [1.165, 1.54) is 32.1 Å². The molecule has 1 aromatic rings. The van der Waals surface area contributed by atoms with Crippen molar-refractivity contribution >= 4 is 5.91 Å². The van der Waals surface area contributed by atoms with E-state index >= 15 is 0 Å². The van der Waals surface area contributed by atoms with Gasteiger partial charge >= 0.3 is 0 Å². The molecule has 0 radical (unpaired) electrons. The number of aliphatic hydroxyl groups excluding tert-OH is 1. The standard InChI is InChI=1S/C23H31NO3/c25-19-3-7-21(8-4-19)27-20-5-1-16(2-6-20)23(26)24-22-17-10-14-9-15(12-17)13-18(22)11-14/h1-2,5-6,14-15,17-19,21-22,25H,3-4,7-13H2,(H,24,26). The number of hydrogen-bond acceptors (Lipinski definition) is 3. The van der Waals surface area contributed by atoms with Crippen LogP contribution >= 0.6 is 0 Å². The summed E-state index contributed by atoms with van der Waals surface area (Å²) in [6.07, 6.45) is 10.2. The van der Waals surface area contributed by atoms with Crippen molar-refractivity contribution in [3.63, 3.8) is 0 Å². The second-order valence-electron chi connectivity index (χ2n) is 9.50. The molecular formula is C23H31NO3. The van der Waals surface area contributed by atoms with Crippen LogP contribution in [0.5, 0.6) is 5.75 Å². The summed E-state index contributed by atoms with van der Waals surface area (Å²) in [6.45, 7) is 0. The molecule has 5 saturated carbocycles. The lowest BCUT2D eigenvalue weighted by Gasteiger charge is -2.54. The molecule has 0 heterocycles. The van der Waals surface area contributed by atoms with E-state index < -0.39 is 0 Å². The monoisotopic (exact) mass is 369 g/mol. The predicted octanol–water partition coefficient (Wildman–Crippen LogP) is 3.92. The molecule has 2 N–H and O–H groups in total. The van der Waals surface area contributed by atoms with Crippen LogP contribution in [0, 0.1) is 23.7 Å². The van der Waals surface area contributed by atoms with Crippen LogP contribution < -0.4 is 10.1 Å². The average Bonchev–Trinajstić information content (AvgIpc) is 2.66. The molecule has 5 aliphatic rings. The Morgan fingerprint density at radius 2 is 1.48 bits per heavy atom. The maximum atomic E-state index is 12.8. The third-order valence-electron chi connectivity index (χ3n) is 7.59. The Labute approximate surface area is 161 Å². The van der Waals surface area contributed by atoms with Crippen LogP contribution in [-0.2, 0) is 0 Å². The zero-order valence-corrected chi connectivity index (χ0v) is 16.0. The molecule has 1 aromatic carbocycles. The molecule has 6 rings (SSSR count). The first-order chi connectivity index (χ1) is 13.1. The second kappa shape index (κ2) is 7.12. The lowest BCUT2D eigenvalue weighted by atomic mass is 9.54. The Bertz CT molecular complexity index is 649. The fraction of sp³-hybridized carbons (Fsp3) is 0.696. The van der Waals surface area contributed by atoms with Crippen LogP contribution in [-0.4, -0.2) is 29.3 Å². The van der Waals surface area contributed by atoms with Gasteiger partial charge in [-0.15, -0.1) is 0 Å². The van der Waals surface area contributed by atoms with Crippen molar-refractivity contribution in [3.8, 4) is 5.75 Å². The smallest absolute Gasteiger partial charge is 0.251 e. The topological polar surface area (TPSA) is 58.6 Å². The summed E-state index contributed by atoms with van der Waals surface area (Å²) in [4.78, 5) is 12.8. The van der Waals surface area contributed by atoms with Gasteiger partial charge in [0.1, 0.15) is 5.75 Å². The van der Waals surface area contributed by atoms with E-state index in [-0.39, 0.29) is 18.1 Å². The van der Waals surface area contributed by atoms with Gasteiger partial charge in [0.2, 0.25) is 0 Å². The lowest BCUT2D eigenvalue weighted by molar-refractivity contribution is -0.0119. The van der Waals surface area contributed by atoms with Crippen LogP contribution in [0.3, 0.4) is 0 Å². The van der Waals surface area contributed by atoms with E-state index in [1.54, 1.807) is 0 Å². The van der Waals surface area contributed by atoms with Crippen molar-refractivity contribution in [1.29, 1.82) is 0 Å². The maximum Gasteiger partial charge on any atom is 0.251 e. The highest BCUT2D eigenvalue weighted by Gasteiger charge is 2.48. The van der Waals surface area contributed by atoms with Crippen LogP contribution in [0.1, 0.15) is 68.1 Å². The molecule has 0 aliphatic heterocycles. The van der Waals surface area contributed by atoms with E-state index in [4.69, 9.17) is 4.74 Å². The number of rotatable bonds is 4. The Balaban J connectivity index is 1.18. The van der Waals surface area contributed by atoms with Gasteiger partial charge in [-0.2, -0.15) is 0 Å². The van der Waals surface area contributed by atoms with E-state index in [2.05, 4.69) is 5.32 Å². The van der Waals surface area contributed by atoms with Gasteiger partial charge in [-0.3, -0.25) is 4.79 Å². The lowest BCUT2D eigenvalue weighted by Crippen LogP contribution is -2.55. The van der Waals surface area contributed by atoms with Gasteiger partial charge < -0.3 is 15.2 Å². The molecule has 0 aromatic heterocycles. The summed E-state index contributed by atoms with van der Waals surface area (Å²) < 4.78 is 6.02.